The summed E-state index contributed by atoms with van der Waals surface area (Å²) in [5.74, 6) is -0.275. The highest BCUT2D eigenvalue weighted by Gasteiger charge is 2.27. The molecule has 1 atom stereocenters. The smallest absolute Gasteiger partial charge is 0.221 e. The molecule has 0 aliphatic carbocycles. The lowest BCUT2D eigenvalue weighted by Gasteiger charge is -2.29. The highest BCUT2D eigenvalue weighted by Crippen LogP contribution is 2.29. The fourth-order valence-corrected chi connectivity index (χ4v) is 3.62. The summed E-state index contributed by atoms with van der Waals surface area (Å²) in [6.07, 6.45) is 2.14. The van der Waals surface area contributed by atoms with Crippen molar-refractivity contribution in [2.24, 2.45) is 0 Å². The Labute approximate surface area is 151 Å². The maximum atomic E-state index is 13.8. The monoisotopic (exact) mass is 349 g/mol. The zero-order chi connectivity index (χ0) is 17.9. The molecule has 1 amide bonds. The van der Waals surface area contributed by atoms with Crippen LogP contribution in [0.5, 0.6) is 0 Å². The second-order valence-corrected chi connectivity index (χ2v) is 6.58. The minimum atomic E-state index is -0.276. The maximum Gasteiger partial charge on any atom is 0.221 e. The van der Waals surface area contributed by atoms with Gasteiger partial charge in [0.1, 0.15) is 5.82 Å². The zero-order valence-corrected chi connectivity index (χ0v) is 14.4. The molecular formula is C21H20FN3O. The summed E-state index contributed by atoms with van der Waals surface area (Å²) in [4.78, 5) is 18.8. The summed E-state index contributed by atoms with van der Waals surface area (Å²) < 4.78 is 13.8. The first kappa shape index (κ1) is 16.7. The van der Waals surface area contributed by atoms with Gasteiger partial charge in [-0.3, -0.25) is 14.7 Å². The Morgan fingerprint density at radius 3 is 2.92 bits per heavy atom. The molecule has 26 heavy (non-hydrogen) atoms. The minimum absolute atomic E-state index is 0.00125. The van der Waals surface area contributed by atoms with Crippen molar-refractivity contribution in [3.63, 3.8) is 0 Å². The Bertz CT molecular complexity index is 938. The number of hydrogen-bond donors (Lipinski definition) is 1. The molecule has 5 heteroatoms. The Kier molecular flexibility index (Phi) is 4.63. The van der Waals surface area contributed by atoms with Gasteiger partial charge in [-0.15, -0.1) is 0 Å². The predicted octanol–water partition coefficient (Wildman–Crippen LogP) is 3.44. The maximum absolute atomic E-state index is 13.8. The lowest BCUT2D eigenvalue weighted by atomic mass is 10.0. The molecule has 1 aliphatic rings. The SMILES string of the molecule is O=C1CC(c2cccc(F)c2)N(Cc2ccnc3ccccc23)CCN1. The standard InChI is InChI=1S/C21H20FN3O/c22-17-5-3-4-15(12-17)20-13-21(26)24-10-11-25(20)14-16-8-9-23-19-7-2-1-6-18(16)19/h1-9,12,20H,10-11,13-14H2,(H,24,26). The molecule has 0 radical (unpaired) electrons. The van der Waals surface area contributed by atoms with Crippen LogP contribution in [0.2, 0.25) is 0 Å². The summed E-state index contributed by atoms with van der Waals surface area (Å²) >= 11 is 0. The molecule has 1 unspecified atom stereocenters. The summed E-state index contributed by atoms with van der Waals surface area (Å²) in [6, 6.07) is 16.5. The second kappa shape index (κ2) is 7.22. The second-order valence-electron chi connectivity index (χ2n) is 6.58. The van der Waals surface area contributed by atoms with Crippen LogP contribution < -0.4 is 5.32 Å². The van der Waals surface area contributed by atoms with Crippen molar-refractivity contribution in [1.82, 2.24) is 15.2 Å². The van der Waals surface area contributed by atoms with E-state index >= 15 is 0 Å². The minimum Gasteiger partial charge on any atom is -0.355 e. The molecule has 4 rings (SSSR count). The van der Waals surface area contributed by atoms with Crippen molar-refractivity contribution in [2.45, 2.75) is 19.0 Å². The molecule has 0 saturated carbocycles. The van der Waals surface area contributed by atoms with Gasteiger partial charge in [0.15, 0.2) is 0 Å². The number of carbonyl (C=O) groups is 1. The van der Waals surface area contributed by atoms with Crippen molar-refractivity contribution in [3.8, 4) is 0 Å². The molecule has 2 heterocycles. The topological polar surface area (TPSA) is 45.2 Å². The molecule has 1 fully saturated rings. The normalized spacial score (nSPS) is 18.5. The number of rotatable bonds is 3. The van der Waals surface area contributed by atoms with E-state index in [1.165, 1.54) is 12.1 Å². The number of nitrogens with one attached hydrogen (secondary N) is 1. The number of nitrogens with zero attached hydrogens (tertiary/aromatic N) is 2. The van der Waals surface area contributed by atoms with Gasteiger partial charge in [0, 0.05) is 43.7 Å². The number of benzene rings is 2. The van der Waals surface area contributed by atoms with E-state index < -0.39 is 0 Å². The third-order valence-corrected chi connectivity index (χ3v) is 4.89. The van der Waals surface area contributed by atoms with Crippen LogP contribution in [-0.2, 0) is 11.3 Å². The highest BCUT2D eigenvalue weighted by atomic mass is 19.1. The van der Waals surface area contributed by atoms with E-state index in [-0.39, 0.29) is 17.8 Å². The van der Waals surface area contributed by atoms with Crippen LogP contribution >= 0.6 is 0 Å². The number of hydrogen-bond acceptors (Lipinski definition) is 3. The van der Waals surface area contributed by atoms with Crippen molar-refractivity contribution in [2.75, 3.05) is 13.1 Å². The molecule has 0 spiro atoms. The third-order valence-electron chi connectivity index (χ3n) is 4.89. The van der Waals surface area contributed by atoms with Gasteiger partial charge in [-0.05, 0) is 35.4 Å². The van der Waals surface area contributed by atoms with Crippen LogP contribution in [-0.4, -0.2) is 28.9 Å². The largest absolute Gasteiger partial charge is 0.355 e. The highest BCUT2D eigenvalue weighted by molar-refractivity contribution is 5.81. The molecule has 4 nitrogen and oxygen atoms in total. The number of amides is 1. The number of aromatic nitrogens is 1. The molecule has 2 aromatic carbocycles. The molecule has 1 saturated heterocycles. The van der Waals surface area contributed by atoms with Crippen molar-refractivity contribution >= 4 is 16.8 Å². The molecule has 1 aliphatic heterocycles. The van der Waals surface area contributed by atoms with E-state index in [0.29, 0.717) is 26.1 Å². The van der Waals surface area contributed by atoms with E-state index in [4.69, 9.17) is 0 Å². The number of para-hydroxylation sites is 1. The van der Waals surface area contributed by atoms with E-state index in [1.54, 1.807) is 6.07 Å². The third kappa shape index (κ3) is 3.44. The summed E-state index contributed by atoms with van der Waals surface area (Å²) in [5.41, 5.74) is 2.95. The first-order valence-electron chi connectivity index (χ1n) is 8.79. The summed E-state index contributed by atoms with van der Waals surface area (Å²) in [7, 11) is 0. The average molecular weight is 349 g/mol. The lowest BCUT2D eigenvalue weighted by Crippen LogP contribution is -2.30. The zero-order valence-electron chi connectivity index (χ0n) is 14.4. The lowest BCUT2D eigenvalue weighted by molar-refractivity contribution is -0.121. The predicted molar refractivity (Wildman–Crippen MR) is 98.9 cm³/mol. The van der Waals surface area contributed by atoms with E-state index in [9.17, 15) is 9.18 Å². The van der Waals surface area contributed by atoms with Gasteiger partial charge in [-0.25, -0.2) is 4.39 Å². The first-order chi connectivity index (χ1) is 12.7. The van der Waals surface area contributed by atoms with Gasteiger partial charge in [-0.2, -0.15) is 0 Å². The number of halogens is 1. The van der Waals surface area contributed by atoms with Crippen molar-refractivity contribution < 1.29 is 9.18 Å². The van der Waals surface area contributed by atoms with Crippen molar-refractivity contribution in [1.29, 1.82) is 0 Å². The van der Waals surface area contributed by atoms with Crippen LogP contribution in [0.3, 0.4) is 0 Å². The first-order valence-corrected chi connectivity index (χ1v) is 8.79. The van der Waals surface area contributed by atoms with Gasteiger partial charge < -0.3 is 5.32 Å². The van der Waals surface area contributed by atoms with Crippen LogP contribution in [0, 0.1) is 5.82 Å². The Morgan fingerprint density at radius 2 is 2.04 bits per heavy atom. The molecule has 1 N–H and O–H groups in total. The van der Waals surface area contributed by atoms with Crippen LogP contribution in [0.15, 0.2) is 60.8 Å². The van der Waals surface area contributed by atoms with E-state index in [2.05, 4.69) is 21.3 Å². The Balaban J connectivity index is 1.70. The van der Waals surface area contributed by atoms with E-state index in [1.807, 2.05) is 36.5 Å². The molecular weight excluding hydrogens is 329 g/mol. The Hall–Kier alpha value is -2.79. The fourth-order valence-electron chi connectivity index (χ4n) is 3.62. The van der Waals surface area contributed by atoms with Gasteiger partial charge >= 0.3 is 0 Å². The Morgan fingerprint density at radius 1 is 1.15 bits per heavy atom. The van der Waals surface area contributed by atoms with Crippen LogP contribution in [0.1, 0.15) is 23.6 Å². The van der Waals surface area contributed by atoms with Crippen molar-refractivity contribution in [3.05, 3.63) is 77.7 Å². The molecule has 132 valence electrons. The number of carbonyl (C=O) groups excluding carboxylic acids is 1. The number of pyridine rings is 1. The van der Waals surface area contributed by atoms with Crippen LogP contribution in [0.4, 0.5) is 4.39 Å². The number of fused-ring (bicyclic) bond motifs is 1. The van der Waals surface area contributed by atoms with Gasteiger partial charge in [-0.1, -0.05) is 30.3 Å². The van der Waals surface area contributed by atoms with E-state index in [0.717, 1.165) is 22.0 Å². The summed E-state index contributed by atoms with van der Waals surface area (Å²) in [6.45, 7) is 1.98. The molecule has 3 aromatic rings. The van der Waals surface area contributed by atoms with Gasteiger partial charge in [0.25, 0.3) is 0 Å². The molecule has 0 bridgehead atoms. The summed E-state index contributed by atoms with van der Waals surface area (Å²) in [5, 5.41) is 4.03. The molecule has 1 aromatic heterocycles. The van der Waals surface area contributed by atoms with Crippen LogP contribution in [0.25, 0.3) is 10.9 Å². The quantitative estimate of drug-likeness (QED) is 0.788. The van der Waals surface area contributed by atoms with Gasteiger partial charge in [0.05, 0.1) is 5.52 Å². The van der Waals surface area contributed by atoms with Gasteiger partial charge in [0.2, 0.25) is 5.91 Å². The fraction of sp³-hybridized carbons (Fsp3) is 0.238. The average Bonchev–Trinajstić information content (AvgIpc) is 2.83.